The fourth-order valence-corrected chi connectivity index (χ4v) is 2.40. The molecule has 2 unspecified atom stereocenters. The van der Waals surface area contributed by atoms with Gasteiger partial charge in [-0.25, -0.2) is 4.39 Å². The zero-order valence-electron chi connectivity index (χ0n) is 10.1. The van der Waals surface area contributed by atoms with Gasteiger partial charge in [0.05, 0.1) is 17.2 Å². The predicted molar refractivity (Wildman–Crippen MR) is 72.7 cm³/mol. The maximum absolute atomic E-state index is 13.5. The zero-order valence-corrected chi connectivity index (χ0v) is 11.7. The van der Waals surface area contributed by atoms with Gasteiger partial charge < -0.3 is 10.4 Å². The first kappa shape index (κ1) is 15.3. The molecule has 0 saturated heterocycles. The summed E-state index contributed by atoms with van der Waals surface area (Å²) >= 11 is 7.23. The van der Waals surface area contributed by atoms with Crippen LogP contribution in [-0.4, -0.2) is 35.2 Å². The van der Waals surface area contributed by atoms with Crippen LogP contribution in [0.2, 0.25) is 5.02 Å². The number of halogens is 2. The Morgan fingerprint density at radius 1 is 1.61 bits per heavy atom. The topological polar surface area (TPSA) is 49.3 Å². The molecular weight excluding hydrogens is 277 g/mol. The van der Waals surface area contributed by atoms with Crippen LogP contribution in [-0.2, 0) is 0 Å². The van der Waals surface area contributed by atoms with Crippen LogP contribution in [0.1, 0.15) is 17.3 Å². The quantitative estimate of drug-likeness (QED) is 0.875. The molecule has 1 amide bonds. The maximum Gasteiger partial charge on any atom is 0.256 e. The summed E-state index contributed by atoms with van der Waals surface area (Å²) in [4.78, 5) is 11.9. The lowest BCUT2D eigenvalue weighted by atomic mass is 10.1. The average Bonchev–Trinajstić information content (AvgIpc) is 2.30. The van der Waals surface area contributed by atoms with Crippen LogP contribution >= 0.6 is 23.4 Å². The summed E-state index contributed by atoms with van der Waals surface area (Å²) in [5.74, 6) is -1.23. The zero-order chi connectivity index (χ0) is 13.7. The van der Waals surface area contributed by atoms with Crippen LogP contribution in [0.3, 0.4) is 0 Å². The molecule has 1 aromatic rings. The van der Waals surface area contributed by atoms with E-state index in [4.69, 9.17) is 16.7 Å². The Hall–Kier alpha value is -0.780. The van der Waals surface area contributed by atoms with Crippen LogP contribution in [0.4, 0.5) is 4.39 Å². The molecule has 6 heteroatoms. The second-order valence-corrected chi connectivity index (χ2v) is 5.30. The number of carbonyl (C=O) groups excluding carboxylic acids is 1. The first-order valence-corrected chi connectivity index (χ1v) is 7.06. The molecule has 0 spiro atoms. The number of carbonyl (C=O) groups is 1. The number of nitrogens with one attached hydrogen (secondary N) is 1. The third-order valence-corrected chi connectivity index (χ3v) is 4.07. The summed E-state index contributed by atoms with van der Waals surface area (Å²) in [7, 11) is 0. The van der Waals surface area contributed by atoms with E-state index in [2.05, 4.69) is 5.32 Å². The van der Waals surface area contributed by atoms with Crippen molar-refractivity contribution >= 4 is 29.3 Å². The normalized spacial score (nSPS) is 14.1. The van der Waals surface area contributed by atoms with Crippen molar-refractivity contribution in [1.82, 2.24) is 5.32 Å². The van der Waals surface area contributed by atoms with Gasteiger partial charge in [0.1, 0.15) is 5.82 Å². The molecule has 100 valence electrons. The second kappa shape index (κ2) is 6.97. The molecule has 0 saturated carbocycles. The van der Waals surface area contributed by atoms with Gasteiger partial charge in [-0.2, -0.15) is 11.8 Å². The van der Waals surface area contributed by atoms with E-state index in [-0.39, 0.29) is 28.5 Å². The van der Waals surface area contributed by atoms with Crippen molar-refractivity contribution < 1.29 is 14.3 Å². The highest BCUT2D eigenvalue weighted by atomic mass is 35.5. The van der Waals surface area contributed by atoms with E-state index in [9.17, 15) is 9.18 Å². The van der Waals surface area contributed by atoms with Crippen molar-refractivity contribution in [3.05, 3.63) is 34.6 Å². The van der Waals surface area contributed by atoms with Crippen LogP contribution in [0, 0.1) is 5.82 Å². The number of aliphatic hydroxyl groups excluding tert-OH is 1. The number of rotatable bonds is 5. The first-order chi connectivity index (χ1) is 8.51. The Kier molecular flexibility index (Phi) is 5.91. The average molecular weight is 292 g/mol. The molecule has 0 aliphatic rings. The lowest BCUT2D eigenvalue weighted by Gasteiger charge is -2.21. The fraction of sp³-hybridized carbons (Fsp3) is 0.417. The van der Waals surface area contributed by atoms with Gasteiger partial charge in [0.2, 0.25) is 0 Å². The third kappa shape index (κ3) is 3.60. The van der Waals surface area contributed by atoms with Gasteiger partial charge in [0, 0.05) is 11.3 Å². The van der Waals surface area contributed by atoms with E-state index in [1.807, 2.05) is 6.26 Å². The van der Waals surface area contributed by atoms with Crippen LogP contribution in [0.5, 0.6) is 0 Å². The Labute approximate surface area is 115 Å². The first-order valence-electron chi connectivity index (χ1n) is 5.39. The van der Waals surface area contributed by atoms with E-state index in [0.717, 1.165) is 0 Å². The van der Waals surface area contributed by atoms with Crippen molar-refractivity contribution in [2.75, 3.05) is 12.9 Å². The Morgan fingerprint density at radius 3 is 2.78 bits per heavy atom. The largest absolute Gasteiger partial charge is 0.395 e. The number of aliphatic hydroxyl groups is 1. The molecule has 0 aliphatic heterocycles. The highest BCUT2D eigenvalue weighted by molar-refractivity contribution is 7.99. The molecule has 1 rings (SSSR count). The van der Waals surface area contributed by atoms with Crippen molar-refractivity contribution in [2.45, 2.75) is 18.2 Å². The van der Waals surface area contributed by atoms with Gasteiger partial charge in [0.25, 0.3) is 5.91 Å². The van der Waals surface area contributed by atoms with Gasteiger partial charge in [-0.15, -0.1) is 0 Å². The summed E-state index contributed by atoms with van der Waals surface area (Å²) in [5, 5.41) is 11.7. The molecule has 0 heterocycles. The molecule has 0 aliphatic carbocycles. The van der Waals surface area contributed by atoms with E-state index < -0.39 is 11.7 Å². The van der Waals surface area contributed by atoms with Crippen molar-refractivity contribution in [1.29, 1.82) is 0 Å². The summed E-state index contributed by atoms with van der Waals surface area (Å²) in [6.45, 7) is 1.69. The molecule has 0 bridgehead atoms. The van der Waals surface area contributed by atoms with E-state index in [1.54, 1.807) is 6.92 Å². The summed E-state index contributed by atoms with van der Waals surface area (Å²) in [5.41, 5.74) is -0.163. The highest BCUT2D eigenvalue weighted by Crippen LogP contribution is 2.19. The molecule has 2 N–H and O–H groups in total. The molecular formula is C12H15ClFNO2S. The molecule has 0 radical (unpaired) electrons. The van der Waals surface area contributed by atoms with Gasteiger partial charge in [-0.1, -0.05) is 17.7 Å². The van der Waals surface area contributed by atoms with Gasteiger partial charge in [-0.3, -0.25) is 4.79 Å². The smallest absolute Gasteiger partial charge is 0.256 e. The number of thioether (sulfide) groups is 1. The SMILES string of the molecule is CSC(CO)C(C)NC(=O)c1c(F)cccc1Cl. The van der Waals surface area contributed by atoms with Gasteiger partial charge in [0.15, 0.2) is 0 Å². The predicted octanol–water partition coefficient (Wildman–Crippen LogP) is 2.32. The van der Waals surface area contributed by atoms with Gasteiger partial charge >= 0.3 is 0 Å². The van der Waals surface area contributed by atoms with Crippen LogP contribution in [0.25, 0.3) is 0 Å². The standard InChI is InChI=1S/C12H15ClFNO2S/c1-7(10(6-16)18-2)15-12(17)11-8(13)4-3-5-9(11)14/h3-5,7,10,16H,6H2,1-2H3,(H,15,17). The molecule has 1 aromatic carbocycles. The van der Waals surface area contributed by atoms with Crippen molar-refractivity contribution in [2.24, 2.45) is 0 Å². The van der Waals surface area contributed by atoms with E-state index >= 15 is 0 Å². The second-order valence-electron chi connectivity index (χ2n) is 3.82. The fourth-order valence-electron chi connectivity index (χ4n) is 1.52. The lowest BCUT2D eigenvalue weighted by Crippen LogP contribution is -2.41. The molecule has 0 fully saturated rings. The van der Waals surface area contributed by atoms with E-state index in [0.29, 0.717) is 0 Å². The maximum atomic E-state index is 13.5. The Bertz CT molecular complexity index is 406. The molecule has 18 heavy (non-hydrogen) atoms. The van der Waals surface area contributed by atoms with Crippen molar-refractivity contribution in [3.63, 3.8) is 0 Å². The number of benzene rings is 1. The summed E-state index contributed by atoms with van der Waals surface area (Å²) < 4.78 is 13.5. The molecule has 2 atom stereocenters. The third-order valence-electron chi connectivity index (χ3n) is 2.59. The van der Waals surface area contributed by atoms with E-state index in [1.165, 1.54) is 30.0 Å². The van der Waals surface area contributed by atoms with Crippen LogP contribution in [0.15, 0.2) is 18.2 Å². The summed E-state index contributed by atoms with van der Waals surface area (Å²) in [6, 6.07) is 3.80. The molecule has 3 nitrogen and oxygen atoms in total. The minimum Gasteiger partial charge on any atom is -0.395 e. The minimum atomic E-state index is -0.656. The summed E-state index contributed by atoms with van der Waals surface area (Å²) in [6.07, 6.45) is 1.83. The molecule has 0 aromatic heterocycles. The monoisotopic (exact) mass is 291 g/mol. The van der Waals surface area contributed by atoms with Crippen molar-refractivity contribution in [3.8, 4) is 0 Å². The lowest BCUT2D eigenvalue weighted by molar-refractivity contribution is 0.0932. The van der Waals surface area contributed by atoms with Gasteiger partial charge in [-0.05, 0) is 25.3 Å². The number of hydrogen-bond donors (Lipinski definition) is 2. The van der Waals surface area contributed by atoms with Crippen LogP contribution < -0.4 is 5.32 Å². The number of hydrogen-bond acceptors (Lipinski definition) is 3. The minimum absolute atomic E-state index is 0.0619. The number of amides is 1. The Balaban J connectivity index is 2.83. The Morgan fingerprint density at radius 2 is 2.28 bits per heavy atom. The highest BCUT2D eigenvalue weighted by Gasteiger charge is 2.21.